The van der Waals surface area contributed by atoms with Gasteiger partial charge in [0.2, 0.25) is 5.88 Å². The van der Waals surface area contributed by atoms with Gasteiger partial charge in [-0.25, -0.2) is 0 Å². The number of non-ortho nitro benzene ring substituents is 1. The Balaban J connectivity index is 2.22. The largest absolute Gasteiger partial charge is 0.436 e. The number of hydrogen-bond acceptors (Lipinski definition) is 4. The second-order valence-electron chi connectivity index (χ2n) is 3.59. The Morgan fingerprint density at radius 3 is 2.55 bits per heavy atom. The standard InChI is InChI=1S/C10H5ClF3N3O3/c11-6-3-5(17(18)19)1-2-7(6)20-9-4-8(15-16-9)10(12,13)14/h1-4H,(H,15,16). The number of halogens is 4. The molecule has 106 valence electrons. The number of nitro benzene ring substituents is 1. The van der Waals surface area contributed by atoms with Gasteiger partial charge in [-0.1, -0.05) is 11.6 Å². The van der Waals surface area contributed by atoms with E-state index in [0.717, 1.165) is 12.1 Å². The third-order valence-corrected chi connectivity index (χ3v) is 2.50. The minimum Gasteiger partial charge on any atom is -0.436 e. The number of hydrogen-bond donors (Lipinski definition) is 1. The molecule has 20 heavy (non-hydrogen) atoms. The normalized spacial score (nSPS) is 11.4. The van der Waals surface area contributed by atoms with Crippen molar-refractivity contribution in [1.29, 1.82) is 0 Å². The van der Waals surface area contributed by atoms with E-state index < -0.39 is 16.8 Å². The minimum absolute atomic E-state index is 0.0440. The highest BCUT2D eigenvalue weighted by molar-refractivity contribution is 6.32. The smallest absolute Gasteiger partial charge is 0.432 e. The fourth-order valence-electron chi connectivity index (χ4n) is 1.30. The van der Waals surface area contributed by atoms with E-state index in [1.54, 1.807) is 5.10 Å². The van der Waals surface area contributed by atoms with Crippen LogP contribution in [0.25, 0.3) is 0 Å². The molecule has 0 fully saturated rings. The van der Waals surface area contributed by atoms with Crippen molar-refractivity contribution in [3.8, 4) is 11.6 Å². The summed E-state index contributed by atoms with van der Waals surface area (Å²) < 4.78 is 42.0. The molecule has 0 amide bonds. The first-order valence-electron chi connectivity index (χ1n) is 5.02. The molecule has 1 aromatic carbocycles. The van der Waals surface area contributed by atoms with Crippen molar-refractivity contribution in [2.75, 3.05) is 0 Å². The van der Waals surface area contributed by atoms with Gasteiger partial charge in [-0.05, 0) is 6.07 Å². The van der Waals surface area contributed by atoms with Crippen LogP contribution in [0.5, 0.6) is 11.6 Å². The molecule has 0 aliphatic rings. The molecule has 0 bridgehead atoms. The second kappa shape index (κ2) is 5.00. The number of aromatic amines is 1. The minimum atomic E-state index is -4.58. The fraction of sp³-hybridized carbons (Fsp3) is 0.100. The highest BCUT2D eigenvalue weighted by Crippen LogP contribution is 2.34. The Labute approximate surface area is 114 Å². The van der Waals surface area contributed by atoms with Crippen LogP contribution in [0.1, 0.15) is 5.69 Å². The molecule has 1 N–H and O–H groups in total. The van der Waals surface area contributed by atoms with Crippen LogP contribution >= 0.6 is 11.6 Å². The van der Waals surface area contributed by atoms with E-state index in [1.165, 1.54) is 6.07 Å². The number of nitrogens with zero attached hydrogens (tertiary/aromatic N) is 2. The molecule has 0 atom stereocenters. The van der Waals surface area contributed by atoms with Gasteiger partial charge in [0.25, 0.3) is 5.69 Å². The first-order chi connectivity index (χ1) is 9.27. The predicted octanol–water partition coefficient (Wildman–Crippen LogP) is 3.78. The lowest BCUT2D eigenvalue weighted by Gasteiger charge is -2.03. The molecule has 0 saturated carbocycles. The first-order valence-corrected chi connectivity index (χ1v) is 5.39. The number of H-pyrrole nitrogens is 1. The van der Waals surface area contributed by atoms with Crippen LogP contribution < -0.4 is 4.74 Å². The lowest BCUT2D eigenvalue weighted by molar-refractivity contribution is -0.384. The Morgan fingerprint density at radius 1 is 1.35 bits per heavy atom. The second-order valence-corrected chi connectivity index (χ2v) is 4.00. The molecule has 2 aromatic rings. The third kappa shape index (κ3) is 2.99. The average Bonchev–Trinajstić information content (AvgIpc) is 2.80. The molecule has 6 nitrogen and oxygen atoms in total. The van der Waals surface area contributed by atoms with E-state index in [2.05, 4.69) is 5.10 Å². The SMILES string of the molecule is O=[N+]([O-])c1ccc(Oc2cc(C(F)(F)F)[nH]n2)c(Cl)c1. The van der Waals surface area contributed by atoms with Crippen LogP contribution in [0.2, 0.25) is 5.02 Å². The van der Waals surface area contributed by atoms with E-state index in [4.69, 9.17) is 16.3 Å². The summed E-state index contributed by atoms with van der Waals surface area (Å²) in [5.74, 6) is -0.398. The summed E-state index contributed by atoms with van der Waals surface area (Å²) in [6.45, 7) is 0. The van der Waals surface area contributed by atoms with Gasteiger partial charge in [-0.3, -0.25) is 15.2 Å². The molecule has 0 aliphatic carbocycles. The molecule has 1 aromatic heterocycles. The molecular formula is C10H5ClF3N3O3. The lowest BCUT2D eigenvalue weighted by atomic mass is 10.3. The number of nitrogens with one attached hydrogen (secondary N) is 1. The zero-order chi connectivity index (χ0) is 14.9. The number of alkyl halides is 3. The summed E-state index contributed by atoms with van der Waals surface area (Å²) in [7, 11) is 0. The van der Waals surface area contributed by atoms with Gasteiger partial charge in [-0.15, -0.1) is 5.10 Å². The average molecular weight is 308 g/mol. The van der Waals surface area contributed by atoms with Crippen LogP contribution in [0.3, 0.4) is 0 Å². The van der Waals surface area contributed by atoms with Crippen LogP contribution in [-0.2, 0) is 6.18 Å². The number of ether oxygens (including phenoxy) is 1. The zero-order valence-corrected chi connectivity index (χ0v) is 10.2. The summed E-state index contributed by atoms with van der Waals surface area (Å²) in [5, 5.41) is 15.5. The summed E-state index contributed by atoms with van der Waals surface area (Å²) >= 11 is 5.73. The first kappa shape index (κ1) is 14.1. The molecule has 10 heteroatoms. The van der Waals surface area contributed by atoms with E-state index in [9.17, 15) is 23.3 Å². The van der Waals surface area contributed by atoms with E-state index in [0.29, 0.717) is 6.07 Å². The molecule has 0 radical (unpaired) electrons. The maximum atomic E-state index is 12.3. The van der Waals surface area contributed by atoms with Gasteiger partial charge < -0.3 is 4.74 Å². The number of benzene rings is 1. The Bertz CT molecular complexity index is 657. The van der Waals surface area contributed by atoms with E-state index in [1.807, 2.05) is 0 Å². The van der Waals surface area contributed by atoms with Gasteiger partial charge in [0.05, 0.1) is 9.95 Å². The number of nitro groups is 1. The molecule has 2 rings (SSSR count). The zero-order valence-electron chi connectivity index (χ0n) is 9.44. The van der Waals surface area contributed by atoms with Crippen LogP contribution in [0.15, 0.2) is 24.3 Å². The van der Waals surface area contributed by atoms with Crippen molar-refractivity contribution in [3.05, 3.63) is 45.1 Å². The van der Waals surface area contributed by atoms with E-state index in [-0.39, 0.29) is 22.3 Å². The maximum Gasteiger partial charge on any atom is 0.432 e. The van der Waals surface area contributed by atoms with Crippen molar-refractivity contribution in [1.82, 2.24) is 10.2 Å². The van der Waals surface area contributed by atoms with Crippen molar-refractivity contribution in [3.63, 3.8) is 0 Å². The van der Waals surface area contributed by atoms with Crippen LogP contribution in [-0.4, -0.2) is 15.1 Å². The van der Waals surface area contributed by atoms with Crippen LogP contribution in [0.4, 0.5) is 18.9 Å². The Morgan fingerprint density at radius 2 is 2.05 bits per heavy atom. The molecule has 0 saturated heterocycles. The van der Waals surface area contributed by atoms with Gasteiger partial charge in [-0.2, -0.15) is 13.2 Å². The maximum absolute atomic E-state index is 12.3. The topological polar surface area (TPSA) is 81.0 Å². The van der Waals surface area contributed by atoms with Crippen molar-refractivity contribution in [2.24, 2.45) is 0 Å². The molecule has 1 heterocycles. The monoisotopic (exact) mass is 307 g/mol. The predicted molar refractivity (Wildman–Crippen MR) is 61.8 cm³/mol. The summed E-state index contributed by atoms with van der Waals surface area (Å²) in [6.07, 6.45) is -4.58. The Hall–Kier alpha value is -2.29. The lowest BCUT2D eigenvalue weighted by Crippen LogP contribution is -2.04. The molecular weight excluding hydrogens is 303 g/mol. The molecule has 0 spiro atoms. The number of rotatable bonds is 3. The van der Waals surface area contributed by atoms with Gasteiger partial charge in [0.15, 0.2) is 0 Å². The van der Waals surface area contributed by atoms with Crippen molar-refractivity contribution in [2.45, 2.75) is 6.18 Å². The summed E-state index contributed by atoms with van der Waals surface area (Å²) in [4.78, 5) is 9.84. The van der Waals surface area contributed by atoms with Gasteiger partial charge in [0.1, 0.15) is 11.4 Å². The highest BCUT2D eigenvalue weighted by atomic mass is 35.5. The molecule has 0 unspecified atom stereocenters. The third-order valence-electron chi connectivity index (χ3n) is 2.20. The van der Waals surface area contributed by atoms with E-state index >= 15 is 0 Å². The van der Waals surface area contributed by atoms with Crippen molar-refractivity contribution >= 4 is 17.3 Å². The number of aromatic nitrogens is 2. The highest BCUT2D eigenvalue weighted by Gasteiger charge is 2.33. The fourth-order valence-corrected chi connectivity index (χ4v) is 1.51. The van der Waals surface area contributed by atoms with Crippen molar-refractivity contribution < 1.29 is 22.8 Å². The quantitative estimate of drug-likeness (QED) is 0.691. The summed E-state index contributed by atoms with van der Waals surface area (Å²) in [6, 6.07) is 3.95. The summed E-state index contributed by atoms with van der Waals surface area (Å²) in [5.41, 5.74) is -1.34. The molecule has 0 aliphatic heterocycles. The Kier molecular flexibility index (Phi) is 3.53. The van der Waals surface area contributed by atoms with Crippen LogP contribution in [0, 0.1) is 10.1 Å². The van der Waals surface area contributed by atoms with Gasteiger partial charge in [0, 0.05) is 18.2 Å². The van der Waals surface area contributed by atoms with Gasteiger partial charge >= 0.3 is 6.18 Å².